The first-order valence-electron chi connectivity index (χ1n) is 8.00. The maximum absolute atomic E-state index is 5.43. The molecule has 1 aromatic rings. The second-order valence-corrected chi connectivity index (χ2v) is 4.99. The van der Waals surface area contributed by atoms with Crippen LogP contribution in [0.1, 0.15) is 18.9 Å². The smallest absolute Gasteiger partial charge is 0.191 e. The van der Waals surface area contributed by atoms with Gasteiger partial charge in [0.1, 0.15) is 5.75 Å². The third-order valence-corrected chi connectivity index (χ3v) is 3.36. The number of methoxy groups -OCH3 is 4. The molecule has 1 aromatic carbocycles. The Labute approximate surface area is 167 Å². The van der Waals surface area contributed by atoms with Crippen molar-refractivity contribution in [2.75, 3.05) is 48.1 Å². The maximum atomic E-state index is 5.43. The van der Waals surface area contributed by atoms with Gasteiger partial charge in [0, 0.05) is 38.4 Å². The summed E-state index contributed by atoms with van der Waals surface area (Å²) in [4.78, 5) is 4.60. The lowest BCUT2D eigenvalue weighted by Crippen LogP contribution is -2.38. The number of nitrogens with zero attached hydrogens (tertiary/aromatic N) is 1. The number of guanidine groups is 1. The summed E-state index contributed by atoms with van der Waals surface area (Å²) in [6.45, 7) is 4.80. The van der Waals surface area contributed by atoms with Gasteiger partial charge in [-0.25, -0.2) is 4.99 Å². The highest BCUT2D eigenvalue weighted by atomic mass is 127. The molecule has 0 unspecified atom stereocenters. The van der Waals surface area contributed by atoms with Crippen molar-refractivity contribution in [1.29, 1.82) is 0 Å². The molecule has 0 heterocycles. The molecule has 0 atom stereocenters. The fourth-order valence-corrected chi connectivity index (χ4v) is 2.15. The van der Waals surface area contributed by atoms with Crippen LogP contribution in [0.25, 0.3) is 0 Å². The highest BCUT2D eigenvalue weighted by Crippen LogP contribution is 2.34. The van der Waals surface area contributed by atoms with E-state index >= 15 is 0 Å². The molecule has 25 heavy (non-hydrogen) atoms. The first kappa shape index (κ1) is 23.6. The Hall–Kier alpha value is -1.42. The van der Waals surface area contributed by atoms with Gasteiger partial charge in [-0.15, -0.1) is 24.0 Å². The molecule has 8 heteroatoms. The normalized spacial score (nSPS) is 10.7. The fourth-order valence-electron chi connectivity index (χ4n) is 2.15. The van der Waals surface area contributed by atoms with Crippen LogP contribution in [0.15, 0.2) is 17.1 Å². The number of ether oxygens (including phenoxy) is 4. The lowest BCUT2D eigenvalue weighted by molar-refractivity contribution is 0.195. The Morgan fingerprint density at radius 1 is 0.960 bits per heavy atom. The van der Waals surface area contributed by atoms with E-state index in [9.17, 15) is 0 Å². The van der Waals surface area contributed by atoms with Crippen LogP contribution in [0.4, 0.5) is 0 Å². The van der Waals surface area contributed by atoms with E-state index in [1.54, 1.807) is 28.4 Å². The second kappa shape index (κ2) is 13.8. The lowest BCUT2D eigenvalue weighted by atomic mass is 10.1. The topological polar surface area (TPSA) is 73.3 Å². The average molecular weight is 467 g/mol. The number of benzene rings is 1. The Bertz CT molecular complexity index is 527. The van der Waals surface area contributed by atoms with Crippen molar-refractivity contribution >= 4 is 29.9 Å². The van der Waals surface area contributed by atoms with Gasteiger partial charge in [-0.05, 0) is 19.4 Å². The molecule has 0 bridgehead atoms. The van der Waals surface area contributed by atoms with Gasteiger partial charge in [-0.1, -0.05) is 0 Å². The third kappa shape index (κ3) is 8.00. The molecular formula is C17H30IN3O4. The summed E-state index contributed by atoms with van der Waals surface area (Å²) >= 11 is 0. The van der Waals surface area contributed by atoms with E-state index in [0.29, 0.717) is 23.8 Å². The number of hydrogen-bond donors (Lipinski definition) is 2. The van der Waals surface area contributed by atoms with Crippen LogP contribution in [0.5, 0.6) is 17.2 Å². The number of hydrogen-bond acceptors (Lipinski definition) is 5. The van der Waals surface area contributed by atoms with Crippen LogP contribution in [0.2, 0.25) is 0 Å². The molecule has 0 saturated heterocycles. The Morgan fingerprint density at radius 3 is 2.16 bits per heavy atom. The van der Waals surface area contributed by atoms with Crippen LogP contribution in [-0.2, 0) is 11.3 Å². The van der Waals surface area contributed by atoms with Gasteiger partial charge in [0.2, 0.25) is 0 Å². The largest absolute Gasteiger partial charge is 0.496 e. The van der Waals surface area contributed by atoms with Crippen molar-refractivity contribution in [3.63, 3.8) is 0 Å². The van der Waals surface area contributed by atoms with E-state index in [1.165, 1.54) is 0 Å². The second-order valence-electron chi connectivity index (χ2n) is 4.99. The fraction of sp³-hybridized carbons (Fsp3) is 0.588. The van der Waals surface area contributed by atoms with E-state index in [4.69, 9.17) is 18.9 Å². The summed E-state index contributed by atoms with van der Waals surface area (Å²) in [5.74, 6) is 2.75. The van der Waals surface area contributed by atoms with Gasteiger partial charge < -0.3 is 29.6 Å². The standard InChI is InChI=1S/C17H29N3O4.HI/c1-6-18-17(19-8-7-9-21-2)20-12-13-10-15(23-4)16(24-5)11-14(13)22-3;/h10-11H,6-9,12H2,1-5H3,(H2,18,19,20);1H. The molecule has 0 fully saturated rings. The predicted molar refractivity (Wildman–Crippen MR) is 111 cm³/mol. The minimum atomic E-state index is 0. The van der Waals surface area contributed by atoms with Crippen molar-refractivity contribution in [3.8, 4) is 17.2 Å². The van der Waals surface area contributed by atoms with Gasteiger partial charge in [0.05, 0.1) is 27.9 Å². The zero-order valence-electron chi connectivity index (χ0n) is 15.7. The minimum Gasteiger partial charge on any atom is -0.496 e. The quantitative estimate of drug-likeness (QED) is 0.238. The van der Waals surface area contributed by atoms with Gasteiger partial charge in [0.25, 0.3) is 0 Å². The van der Waals surface area contributed by atoms with Crippen LogP contribution >= 0.6 is 24.0 Å². The van der Waals surface area contributed by atoms with Gasteiger partial charge in [-0.2, -0.15) is 0 Å². The van der Waals surface area contributed by atoms with E-state index in [2.05, 4.69) is 15.6 Å². The first-order valence-corrected chi connectivity index (χ1v) is 8.00. The predicted octanol–water partition coefficient (Wildman–Crippen LogP) is 2.42. The monoisotopic (exact) mass is 467 g/mol. The average Bonchev–Trinajstić information content (AvgIpc) is 2.62. The molecule has 0 aliphatic heterocycles. The molecule has 0 saturated carbocycles. The zero-order valence-corrected chi connectivity index (χ0v) is 18.0. The van der Waals surface area contributed by atoms with Crippen molar-refractivity contribution in [1.82, 2.24) is 10.6 Å². The molecule has 0 spiro atoms. The summed E-state index contributed by atoms with van der Waals surface area (Å²) in [5, 5.41) is 6.50. The number of halogens is 1. The molecule has 144 valence electrons. The summed E-state index contributed by atoms with van der Waals surface area (Å²) in [7, 11) is 6.53. The van der Waals surface area contributed by atoms with E-state index < -0.39 is 0 Å². The Balaban J connectivity index is 0.00000576. The van der Waals surface area contributed by atoms with Gasteiger partial charge >= 0.3 is 0 Å². The first-order chi connectivity index (χ1) is 11.7. The van der Waals surface area contributed by atoms with Crippen molar-refractivity contribution < 1.29 is 18.9 Å². The van der Waals surface area contributed by atoms with E-state index in [1.807, 2.05) is 19.1 Å². The summed E-state index contributed by atoms with van der Waals surface area (Å²) in [6.07, 6.45) is 0.917. The molecule has 1 rings (SSSR count). The number of rotatable bonds is 10. The molecule has 0 aliphatic rings. The Kier molecular flexibility index (Phi) is 13.0. The van der Waals surface area contributed by atoms with Crippen molar-refractivity contribution in [2.45, 2.75) is 19.9 Å². The van der Waals surface area contributed by atoms with Gasteiger partial charge in [0.15, 0.2) is 17.5 Å². The molecule has 0 amide bonds. The van der Waals surface area contributed by atoms with E-state index in [-0.39, 0.29) is 24.0 Å². The van der Waals surface area contributed by atoms with Gasteiger partial charge in [-0.3, -0.25) is 0 Å². The summed E-state index contributed by atoms with van der Waals surface area (Å²) in [5.41, 5.74) is 0.921. The minimum absolute atomic E-state index is 0. The van der Waals surface area contributed by atoms with Crippen molar-refractivity contribution in [3.05, 3.63) is 17.7 Å². The zero-order chi connectivity index (χ0) is 17.8. The number of nitrogens with one attached hydrogen (secondary N) is 2. The Morgan fingerprint density at radius 2 is 1.60 bits per heavy atom. The third-order valence-electron chi connectivity index (χ3n) is 3.36. The molecule has 7 nitrogen and oxygen atoms in total. The van der Waals surface area contributed by atoms with E-state index in [0.717, 1.165) is 37.6 Å². The van der Waals surface area contributed by atoms with Crippen LogP contribution in [0.3, 0.4) is 0 Å². The highest BCUT2D eigenvalue weighted by molar-refractivity contribution is 14.0. The molecule has 2 N–H and O–H groups in total. The molecule has 0 aromatic heterocycles. The molecular weight excluding hydrogens is 437 g/mol. The lowest BCUT2D eigenvalue weighted by Gasteiger charge is -2.14. The van der Waals surface area contributed by atoms with Crippen LogP contribution < -0.4 is 24.8 Å². The van der Waals surface area contributed by atoms with Crippen LogP contribution in [0, 0.1) is 0 Å². The summed E-state index contributed by atoms with van der Waals surface area (Å²) < 4.78 is 21.1. The molecule has 0 radical (unpaired) electrons. The number of aliphatic imine (C=N–C) groups is 1. The maximum Gasteiger partial charge on any atom is 0.191 e. The summed E-state index contributed by atoms with van der Waals surface area (Å²) in [6, 6.07) is 3.69. The van der Waals surface area contributed by atoms with Crippen LogP contribution in [-0.4, -0.2) is 54.1 Å². The molecule has 0 aliphatic carbocycles. The highest BCUT2D eigenvalue weighted by Gasteiger charge is 2.11. The van der Waals surface area contributed by atoms with Crippen molar-refractivity contribution in [2.24, 2.45) is 4.99 Å². The SMILES string of the molecule is CCNC(=NCc1cc(OC)c(OC)cc1OC)NCCCOC.I.